The number of nitrogens with zero attached hydrogens (tertiary/aromatic N) is 3. The number of likely N-dealkylation sites (tertiary alicyclic amines) is 1. The molecule has 6 nitrogen and oxygen atoms in total. The van der Waals surface area contributed by atoms with E-state index < -0.39 is 0 Å². The fraction of sp³-hybridized carbons (Fsp3) is 0.355. The number of imidazole rings is 1. The molecule has 4 aromatic rings. The average molecular weight is 495 g/mol. The molecule has 0 radical (unpaired) electrons. The minimum Gasteiger partial charge on any atom is -0.496 e. The third-order valence-corrected chi connectivity index (χ3v) is 8.08. The third-order valence-electron chi connectivity index (χ3n) is 8.08. The minimum atomic E-state index is 0.0972. The van der Waals surface area contributed by atoms with E-state index in [1.807, 2.05) is 41.3 Å². The van der Waals surface area contributed by atoms with Gasteiger partial charge < -0.3 is 19.4 Å². The fourth-order valence-electron chi connectivity index (χ4n) is 5.97. The summed E-state index contributed by atoms with van der Waals surface area (Å²) in [5.74, 6) is 2.41. The molecule has 4 heterocycles. The molecule has 37 heavy (non-hydrogen) atoms. The number of pyridine rings is 1. The highest BCUT2D eigenvalue weighted by Crippen LogP contribution is 2.34. The molecule has 1 amide bonds. The van der Waals surface area contributed by atoms with E-state index in [-0.39, 0.29) is 5.91 Å². The number of fused-ring (bicyclic) bond motifs is 2. The van der Waals surface area contributed by atoms with Crippen LogP contribution in [0.2, 0.25) is 0 Å². The molecule has 2 atom stereocenters. The number of hydrogen-bond donors (Lipinski definition) is 1. The van der Waals surface area contributed by atoms with E-state index in [4.69, 9.17) is 9.72 Å². The van der Waals surface area contributed by atoms with E-state index in [0.717, 1.165) is 65.7 Å². The zero-order chi connectivity index (χ0) is 25.5. The Balaban J connectivity index is 1.42. The summed E-state index contributed by atoms with van der Waals surface area (Å²) in [5.41, 5.74) is 6.89. The summed E-state index contributed by atoms with van der Waals surface area (Å²) in [6, 6.07) is 20.6. The van der Waals surface area contributed by atoms with Gasteiger partial charge in [-0.05, 0) is 47.6 Å². The van der Waals surface area contributed by atoms with Gasteiger partial charge in [0.2, 0.25) is 0 Å². The molecule has 2 unspecified atom stereocenters. The lowest BCUT2D eigenvalue weighted by Crippen LogP contribution is -2.32. The molecule has 1 N–H and O–H groups in total. The van der Waals surface area contributed by atoms with Crippen molar-refractivity contribution in [2.24, 2.45) is 11.8 Å². The summed E-state index contributed by atoms with van der Waals surface area (Å²) in [4.78, 5) is 20.9. The summed E-state index contributed by atoms with van der Waals surface area (Å²) in [7, 11) is 1.68. The van der Waals surface area contributed by atoms with Crippen molar-refractivity contribution in [3.8, 4) is 17.0 Å². The second-order valence-electron chi connectivity index (χ2n) is 10.7. The van der Waals surface area contributed by atoms with Crippen LogP contribution in [0.25, 0.3) is 16.9 Å². The molecule has 190 valence electrons. The van der Waals surface area contributed by atoms with Gasteiger partial charge in [0.05, 0.1) is 18.5 Å². The first-order chi connectivity index (χ1) is 18.0. The average Bonchev–Trinajstić information content (AvgIpc) is 3.62. The Labute approximate surface area is 218 Å². The number of amides is 1. The monoisotopic (exact) mass is 494 g/mol. The Bertz CT molecular complexity index is 1430. The number of carbonyl (C=O) groups is 1. The zero-order valence-corrected chi connectivity index (χ0v) is 21.8. The zero-order valence-electron chi connectivity index (χ0n) is 21.8. The largest absolute Gasteiger partial charge is 0.496 e. The number of methoxy groups -OCH3 is 1. The van der Waals surface area contributed by atoms with Crippen molar-refractivity contribution in [3.63, 3.8) is 0 Å². The predicted octanol–water partition coefficient (Wildman–Crippen LogP) is 5.02. The van der Waals surface area contributed by atoms with E-state index in [2.05, 4.69) is 54.0 Å². The van der Waals surface area contributed by atoms with Crippen LogP contribution in [0.5, 0.6) is 5.75 Å². The van der Waals surface area contributed by atoms with Crippen LogP contribution in [0, 0.1) is 11.8 Å². The van der Waals surface area contributed by atoms with Crippen LogP contribution in [-0.2, 0) is 6.42 Å². The van der Waals surface area contributed by atoms with Gasteiger partial charge >= 0.3 is 0 Å². The summed E-state index contributed by atoms with van der Waals surface area (Å²) in [5, 5.41) is 3.46. The molecule has 2 fully saturated rings. The summed E-state index contributed by atoms with van der Waals surface area (Å²) in [6.45, 7) is 8.04. The molecular weight excluding hydrogens is 460 g/mol. The van der Waals surface area contributed by atoms with Crippen molar-refractivity contribution in [2.75, 3.05) is 33.3 Å². The number of rotatable bonds is 6. The Morgan fingerprint density at radius 1 is 1.03 bits per heavy atom. The first kappa shape index (κ1) is 23.7. The van der Waals surface area contributed by atoms with Crippen LogP contribution in [0.3, 0.4) is 0 Å². The maximum absolute atomic E-state index is 13.8. The molecule has 2 aromatic heterocycles. The molecular formula is C31H34N4O2. The number of nitrogens with one attached hydrogen (secondary N) is 1. The van der Waals surface area contributed by atoms with Crippen molar-refractivity contribution in [3.05, 3.63) is 89.2 Å². The lowest BCUT2D eigenvalue weighted by atomic mass is 9.96. The van der Waals surface area contributed by atoms with E-state index in [0.29, 0.717) is 24.2 Å². The number of ether oxygens (including phenoxy) is 1. The van der Waals surface area contributed by atoms with Crippen LogP contribution in [-0.4, -0.2) is 53.5 Å². The first-order valence-corrected chi connectivity index (χ1v) is 13.3. The Kier molecular flexibility index (Phi) is 6.21. The van der Waals surface area contributed by atoms with Gasteiger partial charge in [0, 0.05) is 55.5 Å². The van der Waals surface area contributed by atoms with Crippen molar-refractivity contribution < 1.29 is 9.53 Å². The van der Waals surface area contributed by atoms with E-state index in [9.17, 15) is 4.79 Å². The second kappa shape index (κ2) is 9.67. The smallest absolute Gasteiger partial charge is 0.254 e. The van der Waals surface area contributed by atoms with Gasteiger partial charge in [0.15, 0.2) is 0 Å². The molecule has 2 saturated heterocycles. The summed E-state index contributed by atoms with van der Waals surface area (Å²) in [6.07, 6.45) is 2.59. The molecule has 2 aromatic carbocycles. The standard InChI is InChI=1S/C31H34N4O2/c1-20(2)21-10-12-22(13-11-21)30-27(35-14-5-4-9-29(35)33-30)15-26-25(7-6-8-28(26)37-3)31(36)34-18-23-16-32-17-24(23)19-34/h4-14,20,23-24,32H,15-19H2,1-3H3. The van der Waals surface area contributed by atoms with Gasteiger partial charge in [0.1, 0.15) is 11.4 Å². The molecule has 6 heteroatoms. The quantitative estimate of drug-likeness (QED) is 0.409. The highest BCUT2D eigenvalue weighted by molar-refractivity contribution is 5.97. The SMILES string of the molecule is COc1cccc(C(=O)N2CC3CNCC3C2)c1Cc1c(-c2ccc(C(C)C)cc2)nc2ccccn12. The van der Waals surface area contributed by atoms with Crippen molar-refractivity contribution in [1.29, 1.82) is 0 Å². The number of aromatic nitrogens is 2. The van der Waals surface area contributed by atoms with Gasteiger partial charge in [-0.3, -0.25) is 4.79 Å². The predicted molar refractivity (Wildman–Crippen MR) is 146 cm³/mol. The molecule has 6 rings (SSSR count). The first-order valence-electron chi connectivity index (χ1n) is 13.3. The second-order valence-corrected chi connectivity index (χ2v) is 10.7. The summed E-state index contributed by atoms with van der Waals surface area (Å²) >= 11 is 0. The maximum atomic E-state index is 13.8. The number of carbonyl (C=O) groups excluding carboxylic acids is 1. The Morgan fingerprint density at radius 3 is 2.49 bits per heavy atom. The lowest BCUT2D eigenvalue weighted by Gasteiger charge is -2.21. The molecule has 0 spiro atoms. The highest BCUT2D eigenvalue weighted by Gasteiger charge is 2.39. The number of benzene rings is 2. The van der Waals surface area contributed by atoms with Gasteiger partial charge in [0.25, 0.3) is 5.91 Å². The van der Waals surface area contributed by atoms with Gasteiger partial charge in [-0.25, -0.2) is 4.98 Å². The Morgan fingerprint density at radius 2 is 1.78 bits per heavy atom. The van der Waals surface area contributed by atoms with Gasteiger partial charge in [-0.1, -0.05) is 50.2 Å². The van der Waals surface area contributed by atoms with Crippen LogP contribution in [0.15, 0.2) is 66.9 Å². The molecule has 2 aliphatic rings. The van der Waals surface area contributed by atoms with Crippen molar-refractivity contribution >= 4 is 11.6 Å². The van der Waals surface area contributed by atoms with Crippen LogP contribution < -0.4 is 10.1 Å². The molecule has 2 aliphatic heterocycles. The molecule has 0 aliphatic carbocycles. The van der Waals surface area contributed by atoms with Crippen LogP contribution in [0.1, 0.15) is 46.9 Å². The van der Waals surface area contributed by atoms with Gasteiger partial charge in [-0.15, -0.1) is 0 Å². The maximum Gasteiger partial charge on any atom is 0.254 e. The van der Waals surface area contributed by atoms with E-state index in [1.54, 1.807) is 7.11 Å². The minimum absolute atomic E-state index is 0.0972. The van der Waals surface area contributed by atoms with Gasteiger partial charge in [-0.2, -0.15) is 0 Å². The Hall–Kier alpha value is -3.64. The van der Waals surface area contributed by atoms with Crippen LogP contribution >= 0.6 is 0 Å². The van der Waals surface area contributed by atoms with Crippen molar-refractivity contribution in [2.45, 2.75) is 26.2 Å². The topological polar surface area (TPSA) is 58.9 Å². The normalized spacial score (nSPS) is 19.1. The van der Waals surface area contributed by atoms with Crippen LogP contribution in [0.4, 0.5) is 0 Å². The number of hydrogen-bond acceptors (Lipinski definition) is 4. The molecule has 0 saturated carbocycles. The third kappa shape index (κ3) is 4.29. The van der Waals surface area contributed by atoms with Crippen molar-refractivity contribution in [1.82, 2.24) is 19.6 Å². The highest BCUT2D eigenvalue weighted by atomic mass is 16.5. The molecule has 0 bridgehead atoms. The van der Waals surface area contributed by atoms with E-state index in [1.165, 1.54) is 5.56 Å². The fourth-order valence-corrected chi connectivity index (χ4v) is 5.97. The van der Waals surface area contributed by atoms with E-state index >= 15 is 0 Å². The lowest BCUT2D eigenvalue weighted by molar-refractivity contribution is 0.0780. The summed E-state index contributed by atoms with van der Waals surface area (Å²) < 4.78 is 7.95.